The van der Waals surface area contributed by atoms with Gasteiger partial charge < -0.3 is 10.1 Å². The molecule has 1 heterocycles. The first-order valence-electron chi connectivity index (χ1n) is 5.99. The van der Waals surface area contributed by atoms with Crippen LogP contribution in [-0.4, -0.2) is 6.54 Å². The summed E-state index contributed by atoms with van der Waals surface area (Å²) < 4.78 is 6.01. The third kappa shape index (κ3) is 2.16. The molecule has 1 unspecified atom stereocenters. The Labute approximate surface area is 112 Å². The summed E-state index contributed by atoms with van der Waals surface area (Å²) in [4.78, 5) is 0. The highest BCUT2D eigenvalue weighted by molar-refractivity contribution is 6.30. The zero-order valence-electron chi connectivity index (χ0n) is 10.1. The summed E-state index contributed by atoms with van der Waals surface area (Å²) in [6.07, 6.45) is 0.0378. The summed E-state index contributed by atoms with van der Waals surface area (Å²) in [6, 6.07) is 14.1. The van der Waals surface area contributed by atoms with Gasteiger partial charge >= 0.3 is 0 Å². The van der Waals surface area contributed by atoms with Gasteiger partial charge in [-0.1, -0.05) is 41.4 Å². The van der Waals surface area contributed by atoms with Crippen LogP contribution in [0.15, 0.2) is 42.5 Å². The van der Waals surface area contributed by atoms with Crippen molar-refractivity contribution in [2.45, 2.75) is 13.0 Å². The number of ether oxygens (including phenoxy) is 1. The van der Waals surface area contributed by atoms with Crippen LogP contribution in [0.2, 0.25) is 5.02 Å². The molecule has 1 N–H and O–H groups in total. The molecule has 2 aromatic rings. The maximum absolute atomic E-state index is 6.01. The van der Waals surface area contributed by atoms with Gasteiger partial charge in [0.05, 0.1) is 12.2 Å². The van der Waals surface area contributed by atoms with Crippen molar-refractivity contribution in [3.8, 4) is 5.75 Å². The van der Waals surface area contributed by atoms with E-state index in [2.05, 4.69) is 36.5 Å². The predicted octanol–water partition coefficient (Wildman–Crippen LogP) is 4.19. The fraction of sp³-hybridized carbons (Fsp3) is 0.200. The van der Waals surface area contributed by atoms with Gasteiger partial charge in [-0.2, -0.15) is 0 Å². The van der Waals surface area contributed by atoms with Crippen molar-refractivity contribution in [1.82, 2.24) is 0 Å². The summed E-state index contributed by atoms with van der Waals surface area (Å²) in [6.45, 7) is 2.86. The van der Waals surface area contributed by atoms with Crippen LogP contribution >= 0.6 is 11.6 Å². The second kappa shape index (κ2) is 4.54. The summed E-state index contributed by atoms with van der Waals surface area (Å²) in [5.41, 5.74) is 3.43. The molecule has 0 fully saturated rings. The first kappa shape index (κ1) is 11.4. The highest BCUT2D eigenvalue weighted by Crippen LogP contribution is 2.36. The SMILES string of the molecule is Cc1cccc(C2CNc3ccc(Cl)cc3O2)c1. The lowest BCUT2D eigenvalue weighted by Crippen LogP contribution is -2.23. The van der Waals surface area contributed by atoms with Gasteiger partial charge in [-0.25, -0.2) is 0 Å². The van der Waals surface area contributed by atoms with Crippen molar-refractivity contribution in [2.24, 2.45) is 0 Å². The van der Waals surface area contributed by atoms with Crippen LogP contribution in [0.25, 0.3) is 0 Å². The molecule has 0 saturated carbocycles. The van der Waals surface area contributed by atoms with Crippen molar-refractivity contribution in [2.75, 3.05) is 11.9 Å². The Morgan fingerprint density at radius 2 is 2.11 bits per heavy atom. The highest BCUT2D eigenvalue weighted by atomic mass is 35.5. The van der Waals surface area contributed by atoms with Crippen LogP contribution in [0.3, 0.4) is 0 Å². The topological polar surface area (TPSA) is 21.3 Å². The summed E-state index contributed by atoms with van der Waals surface area (Å²) in [7, 11) is 0. The number of nitrogens with one attached hydrogen (secondary N) is 1. The van der Waals surface area contributed by atoms with E-state index in [0.29, 0.717) is 5.02 Å². The Kier molecular flexibility index (Phi) is 2.88. The molecule has 0 radical (unpaired) electrons. The Hall–Kier alpha value is -1.67. The van der Waals surface area contributed by atoms with Crippen LogP contribution in [0.4, 0.5) is 5.69 Å². The fourth-order valence-corrected chi connectivity index (χ4v) is 2.36. The third-order valence-corrected chi connectivity index (χ3v) is 3.34. The summed E-state index contributed by atoms with van der Waals surface area (Å²) in [5, 5.41) is 4.07. The number of fused-ring (bicyclic) bond motifs is 1. The predicted molar refractivity (Wildman–Crippen MR) is 74.5 cm³/mol. The van der Waals surface area contributed by atoms with E-state index < -0.39 is 0 Å². The van der Waals surface area contributed by atoms with Crippen LogP contribution in [0.5, 0.6) is 5.75 Å². The molecule has 0 aliphatic carbocycles. The molecular weight excluding hydrogens is 246 g/mol. The first-order valence-corrected chi connectivity index (χ1v) is 6.37. The number of hydrogen-bond acceptors (Lipinski definition) is 2. The normalized spacial score (nSPS) is 17.6. The Balaban J connectivity index is 1.90. The standard InChI is InChI=1S/C15H14ClNO/c1-10-3-2-4-11(7-10)15-9-17-13-6-5-12(16)8-14(13)18-15/h2-8,15,17H,9H2,1H3. The minimum Gasteiger partial charge on any atom is -0.482 e. The van der Waals surface area contributed by atoms with Gasteiger partial charge in [0.15, 0.2) is 0 Å². The zero-order chi connectivity index (χ0) is 12.5. The number of hydrogen-bond donors (Lipinski definition) is 1. The highest BCUT2D eigenvalue weighted by Gasteiger charge is 2.20. The van der Waals surface area contributed by atoms with Crippen LogP contribution < -0.4 is 10.1 Å². The molecule has 1 aliphatic rings. The zero-order valence-corrected chi connectivity index (χ0v) is 10.9. The smallest absolute Gasteiger partial charge is 0.144 e. The van der Waals surface area contributed by atoms with Crippen molar-refractivity contribution in [3.05, 3.63) is 58.6 Å². The quantitative estimate of drug-likeness (QED) is 0.829. The van der Waals surface area contributed by atoms with Gasteiger partial charge in [-0.15, -0.1) is 0 Å². The number of aryl methyl sites for hydroxylation is 1. The second-order valence-corrected chi connectivity index (χ2v) is 4.98. The van der Waals surface area contributed by atoms with Crippen LogP contribution in [0, 0.1) is 6.92 Å². The second-order valence-electron chi connectivity index (χ2n) is 4.54. The summed E-state index contributed by atoms with van der Waals surface area (Å²) in [5.74, 6) is 0.820. The Morgan fingerprint density at radius 3 is 2.94 bits per heavy atom. The van der Waals surface area contributed by atoms with Crippen molar-refractivity contribution in [1.29, 1.82) is 0 Å². The van der Waals surface area contributed by atoms with Gasteiger partial charge in [0.25, 0.3) is 0 Å². The van der Waals surface area contributed by atoms with E-state index in [9.17, 15) is 0 Å². The number of halogens is 1. The van der Waals surface area contributed by atoms with E-state index >= 15 is 0 Å². The van der Waals surface area contributed by atoms with Crippen LogP contribution in [-0.2, 0) is 0 Å². The average molecular weight is 260 g/mol. The molecule has 3 rings (SSSR count). The molecule has 18 heavy (non-hydrogen) atoms. The van der Waals surface area contributed by atoms with Crippen molar-refractivity contribution in [3.63, 3.8) is 0 Å². The van der Waals surface area contributed by atoms with Crippen molar-refractivity contribution >= 4 is 17.3 Å². The molecule has 2 aromatic carbocycles. The molecule has 3 heteroatoms. The molecule has 92 valence electrons. The largest absolute Gasteiger partial charge is 0.482 e. The van der Waals surface area contributed by atoms with Gasteiger partial charge in [-0.3, -0.25) is 0 Å². The maximum Gasteiger partial charge on any atom is 0.144 e. The molecule has 0 aromatic heterocycles. The lowest BCUT2D eigenvalue weighted by molar-refractivity contribution is 0.210. The first-order chi connectivity index (χ1) is 8.72. The monoisotopic (exact) mass is 259 g/mol. The fourth-order valence-electron chi connectivity index (χ4n) is 2.19. The molecule has 1 aliphatic heterocycles. The van der Waals surface area contributed by atoms with Gasteiger partial charge in [0.1, 0.15) is 11.9 Å². The van der Waals surface area contributed by atoms with E-state index in [-0.39, 0.29) is 6.10 Å². The van der Waals surface area contributed by atoms with E-state index in [1.54, 1.807) is 0 Å². The maximum atomic E-state index is 6.01. The van der Waals surface area contributed by atoms with Crippen LogP contribution in [0.1, 0.15) is 17.2 Å². The van der Waals surface area contributed by atoms with Gasteiger partial charge in [0.2, 0.25) is 0 Å². The number of rotatable bonds is 1. The van der Waals surface area contributed by atoms with E-state index in [4.69, 9.17) is 16.3 Å². The molecule has 1 atom stereocenters. The lowest BCUT2D eigenvalue weighted by atomic mass is 10.1. The van der Waals surface area contributed by atoms with E-state index in [1.165, 1.54) is 11.1 Å². The third-order valence-electron chi connectivity index (χ3n) is 3.10. The minimum atomic E-state index is 0.0378. The Morgan fingerprint density at radius 1 is 1.22 bits per heavy atom. The number of anilines is 1. The van der Waals surface area contributed by atoms with E-state index in [1.807, 2.05) is 18.2 Å². The molecule has 0 bridgehead atoms. The molecular formula is C15H14ClNO. The molecule has 0 spiro atoms. The van der Waals surface area contributed by atoms with Gasteiger partial charge in [-0.05, 0) is 24.6 Å². The summed E-state index contributed by atoms with van der Waals surface area (Å²) >= 11 is 5.99. The molecule has 0 amide bonds. The molecule has 2 nitrogen and oxygen atoms in total. The average Bonchev–Trinajstić information content (AvgIpc) is 2.38. The van der Waals surface area contributed by atoms with Gasteiger partial charge in [0, 0.05) is 11.1 Å². The van der Waals surface area contributed by atoms with E-state index in [0.717, 1.165) is 18.0 Å². The Bertz CT molecular complexity index is 582. The lowest BCUT2D eigenvalue weighted by Gasteiger charge is -2.28. The minimum absolute atomic E-state index is 0.0378. The molecule has 0 saturated heterocycles. The number of benzene rings is 2. The van der Waals surface area contributed by atoms with Crippen molar-refractivity contribution < 1.29 is 4.74 Å².